The van der Waals surface area contributed by atoms with E-state index < -0.39 is 0 Å². The summed E-state index contributed by atoms with van der Waals surface area (Å²) in [6.07, 6.45) is 4.33. The SMILES string of the molecule is CCCOc1cc(C)ccc1CNC(=O)C1CC12CCNCC2.Cl. The number of carbonyl (C=O) groups excluding carboxylic acids is 1. The Hall–Kier alpha value is -1.26. The van der Waals surface area contributed by atoms with Crippen molar-refractivity contribution in [1.29, 1.82) is 0 Å². The molecule has 1 aliphatic carbocycles. The molecule has 2 aliphatic rings. The van der Waals surface area contributed by atoms with Gasteiger partial charge in [0.25, 0.3) is 0 Å². The van der Waals surface area contributed by atoms with Crippen LogP contribution in [-0.2, 0) is 11.3 Å². The molecule has 2 fully saturated rings. The van der Waals surface area contributed by atoms with E-state index in [1.807, 2.05) is 0 Å². The van der Waals surface area contributed by atoms with Crippen LogP contribution in [0.4, 0.5) is 0 Å². The molecule has 1 saturated heterocycles. The number of hydrogen-bond acceptors (Lipinski definition) is 3. The Morgan fingerprint density at radius 3 is 2.83 bits per heavy atom. The van der Waals surface area contributed by atoms with Crippen LogP contribution in [0.1, 0.15) is 43.7 Å². The van der Waals surface area contributed by atoms with Gasteiger partial charge in [0, 0.05) is 18.0 Å². The van der Waals surface area contributed by atoms with Gasteiger partial charge in [-0.05, 0) is 62.7 Å². The fraction of sp³-hybridized carbons (Fsp3) is 0.632. The van der Waals surface area contributed by atoms with Gasteiger partial charge < -0.3 is 15.4 Å². The second-order valence-corrected chi connectivity index (χ2v) is 7.05. The minimum Gasteiger partial charge on any atom is -0.493 e. The summed E-state index contributed by atoms with van der Waals surface area (Å²) in [6.45, 7) is 7.54. The third-order valence-corrected chi connectivity index (χ3v) is 5.24. The van der Waals surface area contributed by atoms with Crippen LogP contribution < -0.4 is 15.4 Å². The standard InChI is InChI=1S/C19H28N2O2.ClH/c1-3-10-23-17-11-14(2)4-5-15(17)13-21-18(22)16-12-19(16)6-8-20-9-7-19;/h4-5,11,16,20H,3,6-10,12-13H2,1-2H3,(H,21,22);1H. The van der Waals surface area contributed by atoms with E-state index in [2.05, 4.69) is 42.7 Å². The highest BCUT2D eigenvalue weighted by Crippen LogP contribution is 2.58. The number of ether oxygens (including phenoxy) is 1. The van der Waals surface area contributed by atoms with Gasteiger partial charge in [-0.3, -0.25) is 4.79 Å². The zero-order chi connectivity index (χ0) is 16.3. The predicted octanol–water partition coefficient (Wildman–Crippen LogP) is 3.21. The maximum atomic E-state index is 12.5. The molecular weight excluding hydrogens is 324 g/mol. The van der Waals surface area contributed by atoms with Gasteiger partial charge >= 0.3 is 0 Å². The van der Waals surface area contributed by atoms with Gasteiger partial charge in [0.1, 0.15) is 5.75 Å². The van der Waals surface area contributed by atoms with E-state index in [1.54, 1.807) is 0 Å². The molecule has 2 N–H and O–H groups in total. The molecule has 1 aromatic carbocycles. The van der Waals surface area contributed by atoms with E-state index in [-0.39, 0.29) is 24.2 Å². The van der Waals surface area contributed by atoms with Gasteiger partial charge in [0.05, 0.1) is 6.61 Å². The Morgan fingerprint density at radius 1 is 1.38 bits per heavy atom. The summed E-state index contributed by atoms with van der Waals surface area (Å²) in [5.74, 6) is 1.34. The molecule has 4 nitrogen and oxygen atoms in total. The predicted molar refractivity (Wildman–Crippen MR) is 98.7 cm³/mol. The normalized spacial score (nSPS) is 21.0. The van der Waals surface area contributed by atoms with Crippen molar-refractivity contribution in [2.75, 3.05) is 19.7 Å². The summed E-state index contributed by atoms with van der Waals surface area (Å²) in [5, 5.41) is 6.51. The fourth-order valence-corrected chi connectivity index (χ4v) is 3.66. The van der Waals surface area contributed by atoms with Gasteiger partial charge in [-0.2, -0.15) is 0 Å². The molecule has 1 unspecified atom stereocenters. The third kappa shape index (κ3) is 4.22. The number of aryl methyl sites for hydroxylation is 1. The molecule has 1 aromatic rings. The highest BCUT2D eigenvalue weighted by molar-refractivity contribution is 5.85. The van der Waals surface area contributed by atoms with Crippen LogP contribution in [0.3, 0.4) is 0 Å². The smallest absolute Gasteiger partial charge is 0.223 e. The van der Waals surface area contributed by atoms with Crippen LogP contribution in [0.25, 0.3) is 0 Å². The van der Waals surface area contributed by atoms with Gasteiger partial charge in [0.2, 0.25) is 5.91 Å². The van der Waals surface area contributed by atoms with Gasteiger partial charge in [0.15, 0.2) is 0 Å². The molecule has 1 heterocycles. The van der Waals surface area contributed by atoms with Crippen LogP contribution in [-0.4, -0.2) is 25.6 Å². The molecular formula is C19H29ClN2O2. The zero-order valence-electron chi connectivity index (χ0n) is 14.7. The molecule has 1 spiro atoms. The Labute approximate surface area is 151 Å². The first-order chi connectivity index (χ1) is 11.1. The van der Waals surface area contributed by atoms with Crippen molar-refractivity contribution < 1.29 is 9.53 Å². The lowest BCUT2D eigenvalue weighted by Crippen LogP contribution is -2.33. The van der Waals surface area contributed by atoms with E-state index >= 15 is 0 Å². The number of amides is 1. The van der Waals surface area contributed by atoms with Gasteiger partial charge in [-0.1, -0.05) is 19.1 Å². The van der Waals surface area contributed by atoms with E-state index in [4.69, 9.17) is 4.74 Å². The second-order valence-electron chi connectivity index (χ2n) is 7.05. The summed E-state index contributed by atoms with van der Waals surface area (Å²) in [6, 6.07) is 6.20. The molecule has 3 rings (SSSR count). The summed E-state index contributed by atoms with van der Waals surface area (Å²) in [5.41, 5.74) is 2.55. The van der Waals surface area contributed by atoms with Crippen molar-refractivity contribution >= 4 is 18.3 Å². The van der Waals surface area contributed by atoms with Crippen LogP contribution in [0.15, 0.2) is 18.2 Å². The number of halogens is 1. The van der Waals surface area contributed by atoms with Crippen LogP contribution >= 0.6 is 12.4 Å². The third-order valence-electron chi connectivity index (χ3n) is 5.24. The minimum atomic E-state index is 0. The molecule has 5 heteroatoms. The number of hydrogen-bond donors (Lipinski definition) is 2. The molecule has 24 heavy (non-hydrogen) atoms. The van der Waals surface area contributed by atoms with Crippen molar-refractivity contribution in [3.05, 3.63) is 29.3 Å². The van der Waals surface area contributed by atoms with E-state index in [0.717, 1.165) is 50.1 Å². The van der Waals surface area contributed by atoms with Crippen molar-refractivity contribution in [3.8, 4) is 5.75 Å². The van der Waals surface area contributed by atoms with Crippen molar-refractivity contribution in [2.24, 2.45) is 11.3 Å². The topological polar surface area (TPSA) is 50.4 Å². The number of piperidine rings is 1. The maximum Gasteiger partial charge on any atom is 0.223 e. The number of benzene rings is 1. The molecule has 0 radical (unpaired) electrons. The van der Waals surface area contributed by atoms with Crippen molar-refractivity contribution in [3.63, 3.8) is 0 Å². The molecule has 1 atom stereocenters. The van der Waals surface area contributed by atoms with E-state index in [0.29, 0.717) is 18.6 Å². The molecule has 0 aromatic heterocycles. The van der Waals surface area contributed by atoms with Crippen molar-refractivity contribution in [1.82, 2.24) is 10.6 Å². The maximum absolute atomic E-state index is 12.5. The molecule has 1 amide bonds. The largest absolute Gasteiger partial charge is 0.493 e. The number of carbonyl (C=O) groups is 1. The number of rotatable bonds is 6. The van der Waals surface area contributed by atoms with Crippen LogP contribution in [0.2, 0.25) is 0 Å². The monoisotopic (exact) mass is 352 g/mol. The van der Waals surface area contributed by atoms with Crippen LogP contribution in [0.5, 0.6) is 5.75 Å². The highest BCUT2D eigenvalue weighted by Gasteiger charge is 2.57. The van der Waals surface area contributed by atoms with Crippen LogP contribution in [0, 0.1) is 18.3 Å². The fourth-order valence-electron chi connectivity index (χ4n) is 3.66. The van der Waals surface area contributed by atoms with Crippen molar-refractivity contribution in [2.45, 2.75) is 46.1 Å². The molecule has 1 aliphatic heterocycles. The molecule has 1 saturated carbocycles. The van der Waals surface area contributed by atoms with E-state index in [9.17, 15) is 4.79 Å². The Bertz CT molecular complexity index is 570. The first-order valence-corrected chi connectivity index (χ1v) is 8.85. The average molecular weight is 353 g/mol. The lowest BCUT2D eigenvalue weighted by molar-refractivity contribution is -0.123. The number of nitrogens with one attached hydrogen (secondary N) is 2. The zero-order valence-corrected chi connectivity index (χ0v) is 15.5. The first-order valence-electron chi connectivity index (χ1n) is 8.85. The Morgan fingerprint density at radius 2 is 2.12 bits per heavy atom. The lowest BCUT2D eigenvalue weighted by atomic mass is 9.92. The molecule has 0 bridgehead atoms. The first kappa shape index (κ1) is 19.1. The average Bonchev–Trinajstić information content (AvgIpc) is 3.25. The Balaban J connectivity index is 0.00000208. The highest BCUT2D eigenvalue weighted by atomic mass is 35.5. The second kappa shape index (κ2) is 8.21. The summed E-state index contributed by atoms with van der Waals surface area (Å²) in [4.78, 5) is 12.5. The van der Waals surface area contributed by atoms with Gasteiger partial charge in [-0.15, -0.1) is 12.4 Å². The quantitative estimate of drug-likeness (QED) is 0.826. The Kier molecular flexibility index (Phi) is 6.53. The minimum absolute atomic E-state index is 0. The summed E-state index contributed by atoms with van der Waals surface area (Å²) < 4.78 is 5.83. The lowest BCUT2D eigenvalue weighted by Gasteiger charge is -2.23. The van der Waals surface area contributed by atoms with E-state index in [1.165, 1.54) is 5.56 Å². The van der Waals surface area contributed by atoms with Gasteiger partial charge in [-0.25, -0.2) is 0 Å². The summed E-state index contributed by atoms with van der Waals surface area (Å²) in [7, 11) is 0. The summed E-state index contributed by atoms with van der Waals surface area (Å²) >= 11 is 0. The molecule has 134 valence electrons.